The van der Waals surface area contributed by atoms with Gasteiger partial charge in [0.25, 0.3) is 0 Å². The van der Waals surface area contributed by atoms with Gasteiger partial charge < -0.3 is 4.74 Å². The Hall–Kier alpha value is -2.91. The van der Waals surface area contributed by atoms with Crippen LogP contribution in [0.1, 0.15) is 60.2 Å². The number of ether oxygens (including phenoxy) is 1. The van der Waals surface area contributed by atoms with Crippen molar-refractivity contribution >= 4 is 5.78 Å². The largest absolute Gasteiger partial charge is 0.497 e. The monoisotopic (exact) mass is 457 g/mol. The molecule has 180 valence electrons. The number of aryl methyl sites for hydroxylation is 3. The fourth-order valence-corrected chi connectivity index (χ4v) is 5.42. The van der Waals surface area contributed by atoms with Gasteiger partial charge in [-0.1, -0.05) is 60.7 Å². The van der Waals surface area contributed by atoms with E-state index in [1.165, 1.54) is 35.1 Å². The molecule has 0 N–H and O–H groups in total. The highest BCUT2D eigenvalue weighted by Crippen LogP contribution is 2.41. The third-order valence-electron chi connectivity index (χ3n) is 7.43. The Morgan fingerprint density at radius 2 is 1.59 bits per heavy atom. The summed E-state index contributed by atoms with van der Waals surface area (Å²) < 4.78 is 5.32. The maximum absolute atomic E-state index is 12.0. The zero-order valence-corrected chi connectivity index (χ0v) is 20.8. The van der Waals surface area contributed by atoms with E-state index in [-0.39, 0.29) is 7.21 Å². The standard InChI is InChI=1S/C31H37NO2.H2/c1-24-9-4-5-11-28(24)21-32-22-31(23-32,20-18-26-14-16-29(34-3)17-15-26)19-8-12-27-10-6-7-13-30(27)25(2)33;/h4-7,9-11,13-17H,8,12,18-23H2,1-3H3;1H. The highest BCUT2D eigenvalue weighted by atomic mass is 16.5. The molecule has 0 saturated carbocycles. The third kappa shape index (κ3) is 5.95. The van der Waals surface area contributed by atoms with Gasteiger partial charge in [0.1, 0.15) is 5.75 Å². The number of likely N-dealkylation sites (tertiary alicyclic amines) is 1. The Kier molecular flexibility index (Phi) is 7.84. The van der Waals surface area contributed by atoms with E-state index in [1.807, 2.05) is 12.1 Å². The van der Waals surface area contributed by atoms with E-state index in [9.17, 15) is 4.79 Å². The minimum atomic E-state index is 0. The second-order valence-corrected chi connectivity index (χ2v) is 9.99. The molecule has 0 radical (unpaired) electrons. The maximum Gasteiger partial charge on any atom is 0.160 e. The Balaban J connectivity index is 0.00000342. The third-order valence-corrected chi connectivity index (χ3v) is 7.43. The second-order valence-electron chi connectivity index (χ2n) is 9.99. The van der Waals surface area contributed by atoms with Gasteiger partial charge in [0.2, 0.25) is 0 Å². The van der Waals surface area contributed by atoms with Crippen molar-refractivity contribution in [3.05, 3.63) is 101 Å². The topological polar surface area (TPSA) is 29.5 Å². The predicted molar refractivity (Wildman–Crippen MR) is 142 cm³/mol. The van der Waals surface area contributed by atoms with E-state index in [4.69, 9.17) is 4.74 Å². The van der Waals surface area contributed by atoms with E-state index in [0.29, 0.717) is 5.41 Å². The van der Waals surface area contributed by atoms with Crippen LogP contribution in [0.4, 0.5) is 0 Å². The van der Waals surface area contributed by atoms with Crippen molar-refractivity contribution in [2.24, 2.45) is 5.41 Å². The van der Waals surface area contributed by atoms with Crippen molar-refractivity contribution in [2.45, 2.75) is 52.5 Å². The number of hydrogen-bond acceptors (Lipinski definition) is 3. The quantitative estimate of drug-likeness (QED) is 0.293. The van der Waals surface area contributed by atoms with Gasteiger partial charge >= 0.3 is 0 Å². The minimum absolute atomic E-state index is 0. The minimum Gasteiger partial charge on any atom is -0.497 e. The first kappa shape index (κ1) is 24.2. The van der Waals surface area contributed by atoms with Gasteiger partial charge in [-0.15, -0.1) is 0 Å². The molecular weight excluding hydrogens is 418 g/mol. The van der Waals surface area contributed by atoms with Crippen LogP contribution in [0.25, 0.3) is 0 Å². The van der Waals surface area contributed by atoms with Crippen molar-refractivity contribution in [3.63, 3.8) is 0 Å². The van der Waals surface area contributed by atoms with E-state index in [0.717, 1.165) is 50.2 Å². The number of Topliss-reactive ketones (excluding diaryl/α,β-unsaturated/α-hetero) is 1. The van der Waals surface area contributed by atoms with Crippen LogP contribution in [-0.4, -0.2) is 30.9 Å². The molecule has 3 heteroatoms. The zero-order chi connectivity index (χ0) is 24.0. The molecule has 3 aromatic rings. The summed E-state index contributed by atoms with van der Waals surface area (Å²) in [6.45, 7) is 7.20. The lowest BCUT2D eigenvalue weighted by Crippen LogP contribution is -2.55. The lowest BCUT2D eigenvalue weighted by molar-refractivity contribution is -0.0205. The van der Waals surface area contributed by atoms with Crippen molar-refractivity contribution in [2.75, 3.05) is 20.2 Å². The summed E-state index contributed by atoms with van der Waals surface area (Å²) in [6.07, 6.45) is 5.56. The van der Waals surface area contributed by atoms with Crippen LogP contribution in [-0.2, 0) is 19.4 Å². The smallest absolute Gasteiger partial charge is 0.160 e. The van der Waals surface area contributed by atoms with Crippen molar-refractivity contribution in [1.82, 2.24) is 4.90 Å². The van der Waals surface area contributed by atoms with Gasteiger partial charge in [-0.05, 0) is 85.8 Å². The summed E-state index contributed by atoms with van der Waals surface area (Å²) in [4.78, 5) is 14.6. The summed E-state index contributed by atoms with van der Waals surface area (Å²) in [5, 5.41) is 0. The average molecular weight is 458 g/mol. The molecule has 34 heavy (non-hydrogen) atoms. The maximum atomic E-state index is 12.0. The molecule has 4 rings (SSSR count). The molecule has 1 aliphatic heterocycles. The molecule has 1 saturated heterocycles. The van der Waals surface area contributed by atoms with Gasteiger partial charge in [-0.3, -0.25) is 9.69 Å². The molecule has 1 aliphatic rings. The van der Waals surface area contributed by atoms with E-state index >= 15 is 0 Å². The molecule has 3 nitrogen and oxygen atoms in total. The lowest BCUT2D eigenvalue weighted by atomic mass is 9.71. The first-order valence-electron chi connectivity index (χ1n) is 12.5. The number of methoxy groups -OCH3 is 1. The fraction of sp³-hybridized carbons (Fsp3) is 0.387. The van der Waals surface area contributed by atoms with Crippen molar-refractivity contribution in [1.29, 1.82) is 0 Å². The molecule has 0 amide bonds. The Bertz CT molecular complexity index is 1100. The number of carbonyl (C=O) groups excluding carboxylic acids is 1. The number of benzene rings is 3. The molecule has 1 fully saturated rings. The second kappa shape index (κ2) is 11.0. The fourth-order valence-electron chi connectivity index (χ4n) is 5.42. The highest BCUT2D eigenvalue weighted by molar-refractivity contribution is 5.95. The normalized spacial score (nSPS) is 15.0. The first-order chi connectivity index (χ1) is 16.5. The van der Waals surface area contributed by atoms with Crippen LogP contribution in [0.2, 0.25) is 0 Å². The van der Waals surface area contributed by atoms with Gasteiger partial charge in [-0.2, -0.15) is 0 Å². The molecular formula is C31H39NO2. The molecule has 0 unspecified atom stereocenters. The number of ketones is 1. The van der Waals surface area contributed by atoms with Crippen LogP contribution in [0.15, 0.2) is 72.8 Å². The zero-order valence-electron chi connectivity index (χ0n) is 20.8. The highest BCUT2D eigenvalue weighted by Gasteiger charge is 2.41. The van der Waals surface area contributed by atoms with Crippen molar-refractivity contribution in [3.8, 4) is 5.75 Å². The summed E-state index contributed by atoms with van der Waals surface area (Å²) in [5.74, 6) is 1.08. The summed E-state index contributed by atoms with van der Waals surface area (Å²) >= 11 is 0. The predicted octanol–water partition coefficient (Wildman–Crippen LogP) is 6.91. The summed E-state index contributed by atoms with van der Waals surface area (Å²) in [7, 11) is 1.71. The molecule has 0 atom stereocenters. The summed E-state index contributed by atoms with van der Waals surface area (Å²) in [5.41, 5.74) is 6.59. The van der Waals surface area contributed by atoms with Crippen LogP contribution < -0.4 is 4.74 Å². The van der Waals surface area contributed by atoms with Gasteiger partial charge in [0.05, 0.1) is 7.11 Å². The number of rotatable bonds is 11. The van der Waals surface area contributed by atoms with E-state index in [2.05, 4.69) is 72.5 Å². The van der Waals surface area contributed by atoms with E-state index in [1.54, 1.807) is 14.0 Å². The first-order valence-corrected chi connectivity index (χ1v) is 12.5. The van der Waals surface area contributed by atoms with Crippen LogP contribution in [0, 0.1) is 12.3 Å². The summed E-state index contributed by atoms with van der Waals surface area (Å²) in [6, 6.07) is 25.3. The Morgan fingerprint density at radius 3 is 2.26 bits per heavy atom. The van der Waals surface area contributed by atoms with Gasteiger partial charge in [-0.25, -0.2) is 0 Å². The van der Waals surface area contributed by atoms with Crippen molar-refractivity contribution < 1.29 is 11.0 Å². The van der Waals surface area contributed by atoms with E-state index < -0.39 is 0 Å². The van der Waals surface area contributed by atoms with Gasteiger partial charge in [0, 0.05) is 26.6 Å². The molecule has 0 aromatic heterocycles. The number of nitrogens with zero attached hydrogens (tertiary/aromatic N) is 1. The molecule has 0 aliphatic carbocycles. The van der Waals surface area contributed by atoms with Crippen LogP contribution in [0.5, 0.6) is 5.75 Å². The van der Waals surface area contributed by atoms with Gasteiger partial charge in [0.15, 0.2) is 5.78 Å². The molecule has 3 aromatic carbocycles. The molecule has 1 heterocycles. The molecule has 0 bridgehead atoms. The lowest BCUT2D eigenvalue weighted by Gasteiger charge is -2.51. The Morgan fingerprint density at radius 1 is 0.912 bits per heavy atom. The SMILES string of the molecule is COc1ccc(CCC2(CCCc3ccccc3C(C)=O)CN(Cc3ccccc3C)C2)cc1.[HH]. The number of hydrogen-bond donors (Lipinski definition) is 0. The van der Waals surface area contributed by atoms with Crippen LogP contribution >= 0.6 is 0 Å². The number of carbonyl (C=O) groups is 1. The Labute approximate surface area is 206 Å². The average Bonchev–Trinajstić information content (AvgIpc) is 2.83. The van der Waals surface area contributed by atoms with Crippen LogP contribution in [0.3, 0.4) is 0 Å². The molecule has 0 spiro atoms.